The number of ether oxygens (including phenoxy) is 1. The molecule has 124 valence electrons. The molecule has 3 aromatic rings. The molecule has 0 saturated carbocycles. The summed E-state index contributed by atoms with van der Waals surface area (Å²) in [7, 11) is 0. The van der Waals surface area contributed by atoms with Crippen molar-refractivity contribution in [3.63, 3.8) is 0 Å². The number of hydrogen-bond acceptors (Lipinski definition) is 2. The maximum Gasteiger partial charge on any atom is 0.226 e. The highest BCUT2D eigenvalue weighted by molar-refractivity contribution is 5.92. The van der Waals surface area contributed by atoms with Crippen molar-refractivity contribution in [2.45, 2.75) is 32.9 Å². The second-order valence-electron chi connectivity index (χ2n) is 6.03. The second-order valence-corrected chi connectivity index (χ2v) is 6.03. The van der Waals surface area contributed by atoms with Crippen LogP contribution in [0.15, 0.2) is 60.8 Å². The highest BCUT2D eigenvalue weighted by atomic mass is 16.5. The van der Waals surface area contributed by atoms with Crippen molar-refractivity contribution in [3.8, 4) is 5.75 Å². The molecule has 1 heterocycles. The predicted molar refractivity (Wildman–Crippen MR) is 97.4 cm³/mol. The minimum Gasteiger partial charge on any atom is -0.489 e. The number of nitrogens with one attached hydrogen (secondary N) is 1. The molecule has 0 fully saturated rings. The first kappa shape index (κ1) is 16.1. The molecule has 0 unspecified atom stereocenters. The Morgan fingerprint density at radius 3 is 2.67 bits per heavy atom. The van der Waals surface area contributed by atoms with Gasteiger partial charge in [-0.3, -0.25) is 4.79 Å². The average Bonchev–Trinajstić information content (AvgIpc) is 2.98. The summed E-state index contributed by atoms with van der Waals surface area (Å²) in [6, 6.07) is 17.8. The van der Waals surface area contributed by atoms with Gasteiger partial charge in [0.05, 0.1) is 11.8 Å². The number of rotatable bonds is 6. The normalized spacial score (nSPS) is 11.0. The van der Waals surface area contributed by atoms with Gasteiger partial charge in [0.1, 0.15) is 5.75 Å². The third kappa shape index (κ3) is 3.77. The molecule has 3 rings (SSSR count). The van der Waals surface area contributed by atoms with Crippen LogP contribution in [0.1, 0.15) is 20.3 Å². The Balaban J connectivity index is 1.64. The molecule has 0 aliphatic carbocycles. The van der Waals surface area contributed by atoms with E-state index in [2.05, 4.69) is 28.1 Å². The van der Waals surface area contributed by atoms with Crippen LogP contribution in [0.4, 0.5) is 5.69 Å². The lowest BCUT2D eigenvalue weighted by Gasteiger charge is -2.15. The molecule has 0 bridgehead atoms. The zero-order chi connectivity index (χ0) is 16.9. The maximum absolute atomic E-state index is 12.3. The standard InChI is InChI=1S/C20H22N2O2/c1-15(2)24-19-10-6-4-8-17(19)21-20(23)12-14-22-13-11-16-7-3-5-9-18(16)22/h3-11,13,15H,12,14H2,1-2H3,(H,21,23). The van der Waals surface area contributed by atoms with Gasteiger partial charge < -0.3 is 14.6 Å². The van der Waals surface area contributed by atoms with Gasteiger partial charge in [-0.2, -0.15) is 0 Å². The van der Waals surface area contributed by atoms with Crippen molar-refractivity contribution in [3.05, 3.63) is 60.8 Å². The molecular formula is C20H22N2O2. The van der Waals surface area contributed by atoms with Crippen LogP contribution in [0.25, 0.3) is 10.9 Å². The van der Waals surface area contributed by atoms with Crippen LogP contribution in [-0.4, -0.2) is 16.6 Å². The van der Waals surface area contributed by atoms with Gasteiger partial charge in [-0.15, -0.1) is 0 Å². The van der Waals surface area contributed by atoms with Crippen LogP contribution in [0, 0.1) is 0 Å². The zero-order valence-corrected chi connectivity index (χ0v) is 14.0. The highest BCUT2D eigenvalue weighted by Crippen LogP contribution is 2.25. The maximum atomic E-state index is 12.3. The number of nitrogens with zero attached hydrogens (tertiary/aromatic N) is 1. The number of amides is 1. The van der Waals surface area contributed by atoms with Crippen LogP contribution in [0.5, 0.6) is 5.75 Å². The Morgan fingerprint density at radius 2 is 1.83 bits per heavy atom. The van der Waals surface area contributed by atoms with Crippen molar-refractivity contribution >= 4 is 22.5 Å². The summed E-state index contributed by atoms with van der Waals surface area (Å²) in [5, 5.41) is 4.14. The van der Waals surface area contributed by atoms with Crippen LogP contribution in [-0.2, 0) is 11.3 Å². The molecular weight excluding hydrogens is 300 g/mol. The van der Waals surface area contributed by atoms with Crippen molar-refractivity contribution in [2.24, 2.45) is 0 Å². The number of anilines is 1. The Labute approximate surface area is 142 Å². The number of aryl methyl sites for hydroxylation is 1. The van der Waals surface area contributed by atoms with E-state index in [9.17, 15) is 4.79 Å². The minimum absolute atomic E-state index is 0.0208. The summed E-state index contributed by atoms with van der Waals surface area (Å²) >= 11 is 0. The number of carbonyl (C=O) groups excluding carboxylic acids is 1. The number of fused-ring (bicyclic) bond motifs is 1. The van der Waals surface area contributed by atoms with Crippen molar-refractivity contribution < 1.29 is 9.53 Å². The molecule has 2 aromatic carbocycles. The molecule has 0 atom stereocenters. The smallest absolute Gasteiger partial charge is 0.226 e. The fraction of sp³-hybridized carbons (Fsp3) is 0.250. The first-order valence-corrected chi connectivity index (χ1v) is 8.23. The number of carbonyl (C=O) groups is 1. The summed E-state index contributed by atoms with van der Waals surface area (Å²) in [6.07, 6.45) is 2.50. The number of para-hydroxylation sites is 3. The lowest BCUT2D eigenvalue weighted by Crippen LogP contribution is -2.16. The zero-order valence-electron chi connectivity index (χ0n) is 14.0. The van der Waals surface area contributed by atoms with Crippen LogP contribution >= 0.6 is 0 Å². The highest BCUT2D eigenvalue weighted by Gasteiger charge is 2.09. The predicted octanol–water partition coefficient (Wildman–Crippen LogP) is 4.46. The van der Waals surface area contributed by atoms with E-state index in [1.807, 2.05) is 56.4 Å². The second kappa shape index (κ2) is 7.21. The monoisotopic (exact) mass is 322 g/mol. The van der Waals surface area contributed by atoms with Gasteiger partial charge in [-0.05, 0) is 43.5 Å². The Kier molecular flexibility index (Phi) is 4.85. The number of benzene rings is 2. The lowest BCUT2D eigenvalue weighted by atomic mass is 10.2. The molecule has 0 saturated heterocycles. The van der Waals surface area contributed by atoms with Gasteiger partial charge in [0.25, 0.3) is 0 Å². The first-order chi connectivity index (χ1) is 11.6. The largest absolute Gasteiger partial charge is 0.489 e. The number of aromatic nitrogens is 1. The van der Waals surface area contributed by atoms with Crippen molar-refractivity contribution in [1.29, 1.82) is 0 Å². The fourth-order valence-corrected chi connectivity index (χ4v) is 2.70. The molecule has 1 amide bonds. The fourth-order valence-electron chi connectivity index (χ4n) is 2.70. The van der Waals surface area contributed by atoms with Gasteiger partial charge >= 0.3 is 0 Å². The third-order valence-electron chi connectivity index (χ3n) is 3.78. The average molecular weight is 322 g/mol. The summed E-state index contributed by atoms with van der Waals surface area (Å²) in [6.45, 7) is 4.58. The molecule has 0 aliphatic heterocycles. The molecule has 4 nitrogen and oxygen atoms in total. The molecule has 1 aromatic heterocycles. The Morgan fingerprint density at radius 1 is 1.08 bits per heavy atom. The summed E-state index contributed by atoms with van der Waals surface area (Å²) in [5.74, 6) is 0.680. The summed E-state index contributed by atoms with van der Waals surface area (Å²) in [5.41, 5.74) is 1.86. The van der Waals surface area contributed by atoms with Gasteiger partial charge in [0, 0.05) is 24.7 Å². The van der Waals surface area contributed by atoms with E-state index in [0.29, 0.717) is 24.4 Å². The molecule has 0 aliphatic rings. The summed E-state index contributed by atoms with van der Waals surface area (Å²) < 4.78 is 7.84. The molecule has 24 heavy (non-hydrogen) atoms. The van der Waals surface area contributed by atoms with Crippen molar-refractivity contribution in [1.82, 2.24) is 4.57 Å². The van der Waals surface area contributed by atoms with E-state index in [4.69, 9.17) is 4.74 Å². The first-order valence-electron chi connectivity index (χ1n) is 8.23. The quantitative estimate of drug-likeness (QED) is 0.728. The molecule has 4 heteroatoms. The van der Waals surface area contributed by atoms with E-state index in [1.54, 1.807) is 0 Å². The van der Waals surface area contributed by atoms with Crippen LogP contribution in [0.3, 0.4) is 0 Å². The van der Waals surface area contributed by atoms with Gasteiger partial charge in [-0.1, -0.05) is 30.3 Å². The van der Waals surface area contributed by atoms with Gasteiger partial charge in [-0.25, -0.2) is 0 Å². The van der Waals surface area contributed by atoms with E-state index >= 15 is 0 Å². The lowest BCUT2D eigenvalue weighted by molar-refractivity contribution is -0.116. The molecule has 0 spiro atoms. The van der Waals surface area contributed by atoms with Crippen LogP contribution in [0.2, 0.25) is 0 Å². The van der Waals surface area contributed by atoms with E-state index in [1.165, 1.54) is 5.39 Å². The SMILES string of the molecule is CC(C)Oc1ccccc1NC(=O)CCn1ccc2ccccc21. The van der Waals surface area contributed by atoms with E-state index in [-0.39, 0.29) is 12.0 Å². The Bertz CT molecular complexity index is 836. The van der Waals surface area contributed by atoms with Crippen LogP contribution < -0.4 is 10.1 Å². The number of hydrogen-bond donors (Lipinski definition) is 1. The van der Waals surface area contributed by atoms with Crippen molar-refractivity contribution in [2.75, 3.05) is 5.32 Å². The van der Waals surface area contributed by atoms with Gasteiger partial charge in [0.2, 0.25) is 5.91 Å². The molecule has 0 radical (unpaired) electrons. The topological polar surface area (TPSA) is 43.3 Å². The Hall–Kier alpha value is -2.75. The van der Waals surface area contributed by atoms with E-state index in [0.717, 1.165) is 5.52 Å². The van der Waals surface area contributed by atoms with Gasteiger partial charge in [0.15, 0.2) is 0 Å². The third-order valence-corrected chi connectivity index (χ3v) is 3.78. The summed E-state index contributed by atoms with van der Waals surface area (Å²) in [4.78, 5) is 12.3. The minimum atomic E-state index is -0.0208. The molecule has 1 N–H and O–H groups in total. The van der Waals surface area contributed by atoms with E-state index < -0.39 is 0 Å².